The molecule has 1 fully saturated rings. The molecule has 138 valence electrons. The molecule has 27 heavy (non-hydrogen) atoms. The van der Waals surface area contributed by atoms with Gasteiger partial charge in [-0.25, -0.2) is 5.84 Å². The molecule has 1 aliphatic carbocycles. The normalized spacial score (nSPS) is 17.4. The molecule has 6 heteroatoms. The molecule has 1 aliphatic heterocycles. The van der Waals surface area contributed by atoms with Gasteiger partial charge >= 0.3 is 0 Å². The maximum Gasteiger partial charge on any atom is 0.263 e. The van der Waals surface area contributed by atoms with Gasteiger partial charge in [-0.1, -0.05) is 30.0 Å². The molecule has 0 spiro atoms. The first-order valence-electron chi connectivity index (χ1n) is 8.99. The second-order valence-electron chi connectivity index (χ2n) is 6.86. The topological polar surface area (TPSA) is 93.2 Å². The van der Waals surface area contributed by atoms with Gasteiger partial charge in [0.2, 0.25) is 0 Å². The number of fused-ring (bicyclic) bond motifs is 1. The number of thioether (sulfide) groups is 1. The van der Waals surface area contributed by atoms with Gasteiger partial charge < -0.3 is 11.1 Å². The van der Waals surface area contributed by atoms with Crippen LogP contribution < -0.4 is 22.3 Å². The fourth-order valence-electron chi connectivity index (χ4n) is 3.13. The zero-order valence-electron chi connectivity index (χ0n) is 14.9. The molecular weight excluding hydrogens is 356 g/mol. The van der Waals surface area contributed by atoms with E-state index in [0.29, 0.717) is 11.5 Å². The minimum atomic E-state index is -0.225. The number of benzene rings is 2. The molecule has 0 aromatic heterocycles. The number of nitrogens with one attached hydrogen (secondary N) is 2. The molecule has 1 saturated carbocycles. The largest absolute Gasteiger partial charge is 0.399 e. The average molecular weight is 379 g/mol. The van der Waals surface area contributed by atoms with Gasteiger partial charge in [0.25, 0.3) is 5.91 Å². The number of amides is 1. The van der Waals surface area contributed by atoms with Crippen LogP contribution in [0, 0.1) is 5.92 Å². The fraction of sp³-hybridized carbons (Fsp3) is 0.190. The number of carbonyl (C=O) groups is 1. The molecule has 2 aromatic rings. The van der Waals surface area contributed by atoms with Crippen LogP contribution in [0.15, 0.2) is 70.8 Å². The van der Waals surface area contributed by atoms with Crippen LogP contribution >= 0.6 is 11.8 Å². The van der Waals surface area contributed by atoms with Crippen molar-refractivity contribution in [2.75, 3.05) is 11.1 Å². The lowest BCUT2D eigenvalue weighted by atomic mass is 10.0. The first kappa shape index (κ1) is 17.7. The third kappa shape index (κ3) is 4.02. The van der Waals surface area contributed by atoms with Crippen molar-refractivity contribution in [3.05, 3.63) is 71.4 Å². The summed E-state index contributed by atoms with van der Waals surface area (Å²) in [6.07, 6.45) is 5.13. The Hall–Kier alpha value is -2.70. The highest BCUT2D eigenvalue weighted by molar-refractivity contribution is 8.08. The summed E-state index contributed by atoms with van der Waals surface area (Å²) in [5.74, 6) is 5.79. The number of nitrogens with two attached hydrogens (primary N) is 2. The van der Waals surface area contributed by atoms with Crippen LogP contribution in [-0.2, 0) is 4.79 Å². The number of hydrazine groups is 1. The Morgan fingerprint density at radius 3 is 2.59 bits per heavy atom. The molecule has 5 nitrogen and oxygen atoms in total. The Morgan fingerprint density at radius 1 is 1.15 bits per heavy atom. The van der Waals surface area contributed by atoms with Gasteiger partial charge in [-0.15, -0.1) is 0 Å². The fourth-order valence-corrected chi connectivity index (χ4v) is 4.12. The standard InChI is InChI=1S/C21H22N4OS/c22-14-7-9-15(10-8-14)27-20-12-19(24-18-4-2-1-3-16(18)20)17(21(26)25-23)11-13-5-6-13/h1-4,7-10,12-13,24H,5-6,11,22-23H2,(H,25,26)/b19-17-. The highest BCUT2D eigenvalue weighted by atomic mass is 32.2. The van der Waals surface area contributed by atoms with E-state index in [1.807, 2.05) is 42.5 Å². The van der Waals surface area contributed by atoms with Crippen molar-refractivity contribution in [3.63, 3.8) is 0 Å². The maximum atomic E-state index is 12.4. The Morgan fingerprint density at radius 2 is 1.89 bits per heavy atom. The van der Waals surface area contributed by atoms with Gasteiger partial charge in [0.15, 0.2) is 0 Å². The number of anilines is 2. The number of carbonyl (C=O) groups excluding carboxylic acids is 1. The first-order chi connectivity index (χ1) is 13.1. The van der Waals surface area contributed by atoms with Crippen LogP contribution in [0.1, 0.15) is 24.8 Å². The van der Waals surface area contributed by atoms with E-state index >= 15 is 0 Å². The van der Waals surface area contributed by atoms with Crippen LogP contribution in [0.5, 0.6) is 0 Å². The summed E-state index contributed by atoms with van der Waals surface area (Å²) in [4.78, 5) is 14.6. The molecule has 6 N–H and O–H groups in total. The molecule has 1 heterocycles. The molecule has 0 radical (unpaired) electrons. The summed E-state index contributed by atoms with van der Waals surface area (Å²) in [5, 5.41) is 3.42. The van der Waals surface area contributed by atoms with E-state index in [9.17, 15) is 4.79 Å². The van der Waals surface area contributed by atoms with E-state index in [-0.39, 0.29) is 5.91 Å². The van der Waals surface area contributed by atoms with Crippen LogP contribution in [-0.4, -0.2) is 5.91 Å². The second kappa shape index (κ2) is 7.50. The SMILES string of the molecule is NNC(=O)/C(CC1CC1)=C1/C=C(Sc2ccc(N)cc2)c2ccccc2N1. The Kier molecular flexibility index (Phi) is 4.92. The summed E-state index contributed by atoms with van der Waals surface area (Å²) >= 11 is 1.66. The number of hydrogen-bond donors (Lipinski definition) is 4. The van der Waals surface area contributed by atoms with Crippen LogP contribution in [0.4, 0.5) is 11.4 Å². The molecule has 4 rings (SSSR count). The average Bonchev–Trinajstić information content (AvgIpc) is 3.51. The van der Waals surface area contributed by atoms with Crippen molar-refractivity contribution in [1.29, 1.82) is 0 Å². The quantitative estimate of drug-likeness (QED) is 0.208. The summed E-state index contributed by atoms with van der Waals surface area (Å²) < 4.78 is 0. The lowest BCUT2D eigenvalue weighted by Gasteiger charge is -2.23. The molecular formula is C21H22N4OS. The number of rotatable bonds is 5. The zero-order valence-corrected chi connectivity index (χ0v) is 15.7. The second-order valence-corrected chi connectivity index (χ2v) is 7.98. The monoisotopic (exact) mass is 378 g/mol. The number of nitrogen functional groups attached to an aromatic ring is 1. The van der Waals surface area contributed by atoms with E-state index in [2.05, 4.69) is 22.9 Å². The molecule has 2 aromatic carbocycles. The smallest absolute Gasteiger partial charge is 0.263 e. The zero-order chi connectivity index (χ0) is 18.8. The number of allylic oxidation sites excluding steroid dienone is 1. The van der Waals surface area contributed by atoms with E-state index < -0.39 is 0 Å². The third-order valence-corrected chi connectivity index (χ3v) is 5.83. The molecule has 0 bridgehead atoms. The van der Waals surface area contributed by atoms with Gasteiger partial charge in [-0.2, -0.15) is 0 Å². The summed E-state index contributed by atoms with van der Waals surface area (Å²) in [6.45, 7) is 0. The van der Waals surface area contributed by atoms with Gasteiger partial charge in [0, 0.05) is 38.0 Å². The predicted octanol–water partition coefficient (Wildman–Crippen LogP) is 3.87. The maximum absolute atomic E-state index is 12.4. The molecule has 0 atom stereocenters. The van der Waals surface area contributed by atoms with Crippen molar-refractivity contribution in [2.45, 2.75) is 24.2 Å². The Balaban J connectivity index is 1.75. The first-order valence-corrected chi connectivity index (χ1v) is 9.81. The van der Waals surface area contributed by atoms with E-state index in [4.69, 9.17) is 11.6 Å². The number of hydrogen-bond acceptors (Lipinski definition) is 5. The summed E-state index contributed by atoms with van der Waals surface area (Å²) in [5.41, 5.74) is 12.5. The van der Waals surface area contributed by atoms with Crippen LogP contribution in [0.3, 0.4) is 0 Å². The Labute approximate surface area is 162 Å². The van der Waals surface area contributed by atoms with Crippen molar-refractivity contribution < 1.29 is 4.79 Å². The van der Waals surface area contributed by atoms with Crippen molar-refractivity contribution >= 4 is 33.9 Å². The molecule has 0 unspecified atom stereocenters. The summed E-state index contributed by atoms with van der Waals surface area (Å²) in [6, 6.07) is 15.9. The minimum absolute atomic E-state index is 0.225. The van der Waals surface area contributed by atoms with Gasteiger partial charge in [-0.3, -0.25) is 10.2 Å². The van der Waals surface area contributed by atoms with Crippen LogP contribution in [0.25, 0.3) is 4.91 Å². The number of para-hydroxylation sites is 1. The van der Waals surface area contributed by atoms with Crippen molar-refractivity contribution in [3.8, 4) is 0 Å². The van der Waals surface area contributed by atoms with E-state index in [0.717, 1.165) is 38.9 Å². The summed E-state index contributed by atoms with van der Waals surface area (Å²) in [7, 11) is 0. The minimum Gasteiger partial charge on any atom is -0.399 e. The van der Waals surface area contributed by atoms with Crippen LogP contribution in [0.2, 0.25) is 0 Å². The highest BCUT2D eigenvalue weighted by Crippen LogP contribution is 2.43. The lowest BCUT2D eigenvalue weighted by Crippen LogP contribution is -2.33. The van der Waals surface area contributed by atoms with Gasteiger partial charge in [0.05, 0.1) is 0 Å². The van der Waals surface area contributed by atoms with Gasteiger partial charge in [0.1, 0.15) is 0 Å². The van der Waals surface area contributed by atoms with Crippen molar-refractivity contribution in [2.24, 2.45) is 11.8 Å². The highest BCUT2D eigenvalue weighted by Gasteiger charge is 2.28. The van der Waals surface area contributed by atoms with Gasteiger partial charge in [-0.05, 0) is 61.6 Å². The predicted molar refractivity (Wildman–Crippen MR) is 111 cm³/mol. The van der Waals surface area contributed by atoms with Crippen molar-refractivity contribution in [1.82, 2.24) is 5.43 Å². The molecule has 1 amide bonds. The molecule has 0 saturated heterocycles. The van der Waals surface area contributed by atoms with E-state index in [1.165, 1.54) is 12.8 Å². The third-order valence-electron chi connectivity index (χ3n) is 4.77. The lowest BCUT2D eigenvalue weighted by molar-refractivity contribution is -0.117. The Bertz CT molecular complexity index is 929. The van der Waals surface area contributed by atoms with E-state index in [1.54, 1.807) is 11.8 Å². The molecule has 2 aliphatic rings.